The quantitative estimate of drug-likeness (QED) is 0.884. The lowest BCUT2D eigenvalue weighted by molar-refractivity contribution is 0.0857. The predicted molar refractivity (Wildman–Crippen MR) is 83.9 cm³/mol. The highest BCUT2D eigenvalue weighted by molar-refractivity contribution is 7.20. The minimum atomic E-state index is -0.444. The summed E-state index contributed by atoms with van der Waals surface area (Å²) >= 11 is 1.36. The molecule has 0 atom stereocenters. The number of fused-ring (bicyclic) bond motifs is 1. The molecule has 1 aliphatic rings. The van der Waals surface area contributed by atoms with E-state index in [0.29, 0.717) is 16.6 Å². The maximum absolute atomic E-state index is 12.3. The van der Waals surface area contributed by atoms with E-state index < -0.39 is 5.41 Å². The molecule has 110 valence electrons. The molecule has 0 saturated heterocycles. The van der Waals surface area contributed by atoms with Gasteiger partial charge in [0.15, 0.2) is 10.8 Å². The fourth-order valence-corrected chi connectivity index (χ4v) is 3.14. The van der Waals surface area contributed by atoms with Gasteiger partial charge in [0, 0.05) is 17.0 Å². The maximum atomic E-state index is 12.3. The molecule has 1 aliphatic carbocycles. The molecule has 0 aliphatic heterocycles. The number of nitrogens with one attached hydrogen (secondary N) is 1. The van der Waals surface area contributed by atoms with Crippen molar-refractivity contribution in [2.45, 2.75) is 39.7 Å². The van der Waals surface area contributed by atoms with Gasteiger partial charge in [0.05, 0.1) is 10.2 Å². The molecule has 0 spiro atoms. The number of nitrogens with zero attached hydrogens (tertiary/aromatic N) is 1. The Morgan fingerprint density at radius 2 is 2.00 bits per heavy atom. The van der Waals surface area contributed by atoms with E-state index >= 15 is 0 Å². The van der Waals surface area contributed by atoms with Crippen LogP contribution < -0.4 is 5.32 Å². The molecule has 4 nitrogen and oxygen atoms in total. The molecule has 1 amide bonds. The lowest BCUT2D eigenvalue weighted by atomic mass is 9.91. The van der Waals surface area contributed by atoms with Crippen LogP contribution in [0.4, 0.5) is 0 Å². The maximum Gasteiger partial charge on any atom is 0.251 e. The number of rotatable bonds is 3. The summed E-state index contributed by atoms with van der Waals surface area (Å²) in [6.07, 6.45) is 2.14. The first-order chi connectivity index (χ1) is 9.84. The second-order valence-corrected chi connectivity index (χ2v) is 7.56. The number of carbonyl (C=O) groups is 2. The minimum Gasteiger partial charge on any atom is -0.349 e. The van der Waals surface area contributed by atoms with Crippen LogP contribution >= 0.6 is 11.3 Å². The topological polar surface area (TPSA) is 59.1 Å². The van der Waals surface area contributed by atoms with Crippen LogP contribution in [0, 0.1) is 5.41 Å². The third kappa shape index (κ3) is 2.97. The molecule has 1 saturated carbocycles. The van der Waals surface area contributed by atoms with Crippen LogP contribution in [-0.2, 0) is 0 Å². The fraction of sp³-hybridized carbons (Fsp3) is 0.438. The van der Waals surface area contributed by atoms with Gasteiger partial charge in [0.1, 0.15) is 0 Å². The molecule has 0 bridgehead atoms. The largest absolute Gasteiger partial charge is 0.349 e. The van der Waals surface area contributed by atoms with Crippen molar-refractivity contribution >= 4 is 33.2 Å². The van der Waals surface area contributed by atoms with Crippen molar-refractivity contribution in [3.8, 4) is 0 Å². The second kappa shape index (κ2) is 4.91. The minimum absolute atomic E-state index is 0.0349. The number of carbonyl (C=O) groups excluding carboxylic acids is 2. The van der Waals surface area contributed by atoms with Crippen LogP contribution in [0.5, 0.6) is 0 Å². The van der Waals surface area contributed by atoms with E-state index in [-0.39, 0.29) is 11.7 Å². The van der Waals surface area contributed by atoms with Crippen molar-refractivity contribution in [3.05, 3.63) is 28.8 Å². The number of amides is 1. The molecule has 0 radical (unpaired) electrons. The highest BCUT2D eigenvalue weighted by Crippen LogP contribution is 2.29. The molecule has 1 N–H and O–H groups in total. The smallest absolute Gasteiger partial charge is 0.251 e. The van der Waals surface area contributed by atoms with Crippen molar-refractivity contribution in [2.75, 3.05) is 0 Å². The normalized spacial score (nSPS) is 15.2. The van der Waals surface area contributed by atoms with Gasteiger partial charge < -0.3 is 5.32 Å². The number of thiazole rings is 1. The number of ketones is 1. The summed E-state index contributed by atoms with van der Waals surface area (Å²) in [4.78, 5) is 28.7. The first-order valence-electron chi connectivity index (χ1n) is 7.11. The van der Waals surface area contributed by atoms with Crippen molar-refractivity contribution in [1.29, 1.82) is 0 Å². The van der Waals surface area contributed by atoms with Gasteiger partial charge in [-0.05, 0) is 31.0 Å². The zero-order chi connectivity index (χ0) is 15.2. The molecular formula is C16H18N2O2S. The first kappa shape index (κ1) is 14.2. The van der Waals surface area contributed by atoms with Crippen LogP contribution in [0.1, 0.15) is 53.8 Å². The van der Waals surface area contributed by atoms with Crippen molar-refractivity contribution in [1.82, 2.24) is 10.3 Å². The molecule has 3 rings (SSSR count). The monoisotopic (exact) mass is 302 g/mol. The van der Waals surface area contributed by atoms with Gasteiger partial charge in [-0.3, -0.25) is 9.59 Å². The molecule has 1 aromatic heterocycles. The second-order valence-electron chi connectivity index (χ2n) is 6.53. The summed E-state index contributed by atoms with van der Waals surface area (Å²) in [5, 5.41) is 3.48. The summed E-state index contributed by atoms with van der Waals surface area (Å²) in [6.45, 7) is 5.65. The Hall–Kier alpha value is -1.75. The average Bonchev–Trinajstić information content (AvgIpc) is 3.12. The van der Waals surface area contributed by atoms with Crippen molar-refractivity contribution in [3.63, 3.8) is 0 Å². The molecule has 21 heavy (non-hydrogen) atoms. The molecule has 1 fully saturated rings. The van der Waals surface area contributed by atoms with E-state index in [4.69, 9.17) is 0 Å². The van der Waals surface area contributed by atoms with Gasteiger partial charge in [-0.2, -0.15) is 0 Å². The lowest BCUT2D eigenvalue weighted by Crippen LogP contribution is -2.25. The fourth-order valence-electron chi connectivity index (χ4n) is 1.98. The van der Waals surface area contributed by atoms with Crippen LogP contribution in [0.2, 0.25) is 0 Å². The first-order valence-corrected chi connectivity index (χ1v) is 7.92. The number of hydrogen-bond acceptors (Lipinski definition) is 4. The van der Waals surface area contributed by atoms with E-state index in [0.717, 1.165) is 23.1 Å². The third-order valence-electron chi connectivity index (χ3n) is 3.44. The average molecular weight is 302 g/mol. The number of benzene rings is 1. The highest BCUT2D eigenvalue weighted by atomic mass is 32.1. The zero-order valence-corrected chi connectivity index (χ0v) is 13.2. The van der Waals surface area contributed by atoms with Gasteiger partial charge in [-0.25, -0.2) is 4.98 Å². The van der Waals surface area contributed by atoms with Gasteiger partial charge in [0.25, 0.3) is 5.91 Å². The summed E-state index contributed by atoms with van der Waals surface area (Å²) in [7, 11) is 0. The van der Waals surface area contributed by atoms with Gasteiger partial charge in [-0.1, -0.05) is 20.8 Å². The van der Waals surface area contributed by atoms with E-state index in [9.17, 15) is 9.59 Å². The molecule has 1 heterocycles. The Labute approximate surface area is 127 Å². The molecule has 0 unspecified atom stereocenters. The SMILES string of the molecule is CC(C)(C)C(=O)c1nc2ccc(C(=O)NC3CC3)cc2s1. The Morgan fingerprint density at radius 1 is 1.29 bits per heavy atom. The van der Waals surface area contributed by atoms with Crippen LogP contribution in [0.15, 0.2) is 18.2 Å². The van der Waals surface area contributed by atoms with Crippen LogP contribution in [0.3, 0.4) is 0 Å². The molecule has 5 heteroatoms. The van der Waals surface area contributed by atoms with Gasteiger partial charge in [0.2, 0.25) is 0 Å². The van der Waals surface area contributed by atoms with E-state index in [1.807, 2.05) is 32.9 Å². The van der Waals surface area contributed by atoms with E-state index in [2.05, 4.69) is 10.3 Å². The molecular weight excluding hydrogens is 284 g/mol. The Kier molecular flexibility index (Phi) is 3.32. The van der Waals surface area contributed by atoms with Gasteiger partial charge >= 0.3 is 0 Å². The number of hydrogen-bond donors (Lipinski definition) is 1. The highest BCUT2D eigenvalue weighted by Gasteiger charge is 2.27. The van der Waals surface area contributed by atoms with Crippen molar-refractivity contribution < 1.29 is 9.59 Å². The Balaban J connectivity index is 1.91. The summed E-state index contributed by atoms with van der Waals surface area (Å²) < 4.78 is 0.881. The summed E-state index contributed by atoms with van der Waals surface area (Å²) in [5.74, 6) is -0.0100. The van der Waals surface area contributed by atoms with Crippen LogP contribution in [0.25, 0.3) is 10.2 Å². The number of Topliss-reactive ketones (excluding diaryl/α,β-unsaturated/α-hetero) is 1. The Morgan fingerprint density at radius 3 is 2.62 bits per heavy atom. The summed E-state index contributed by atoms with van der Waals surface area (Å²) in [6, 6.07) is 5.75. The summed E-state index contributed by atoms with van der Waals surface area (Å²) in [5.41, 5.74) is 0.962. The van der Waals surface area contributed by atoms with Gasteiger partial charge in [-0.15, -0.1) is 11.3 Å². The van der Waals surface area contributed by atoms with Crippen LogP contribution in [-0.4, -0.2) is 22.7 Å². The van der Waals surface area contributed by atoms with E-state index in [1.54, 1.807) is 6.07 Å². The van der Waals surface area contributed by atoms with Crippen molar-refractivity contribution in [2.24, 2.45) is 5.41 Å². The third-order valence-corrected chi connectivity index (χ3v) is 4.46. The van der Waals surface area contributed by atoms with E-state index in [1.165, 1.54) is 11.3 Å². The number of aromatic nitrogens is 1. The molecule has 2 aromatic rings. The predicted octanol–water partition coefficient (Wildman–Crippen LogP) is 3.42. The molecule has 1 aromatic carbocycles. The standard InChI is InChI=1S/C16H18N2O2S/c1-16(2,3)13(19)15-18-11-7-4-9(8-12(11)21-15)14(20)17-10-5-6-10/h4,7-8,10H,5-6H2,1-3H3,(H,17,20). The zero-order valence-electron chi connectivity index (χ0n) is 12.4. The lowest BCUT2D eigenvalue weighted by Gasteiger charge is -2.13. The Bertz CT molecular complexity index is 723.